The normalized spacial score (nSPS) is 17.4. The lowest BCUT2D eigenvalue weighted by molar-refractivity contribution is -0.143. The lowest BCUT2D eigenvalue weighted by Gasteiger charge is -2.14. The minimum absolute atomic E-state index is 0.461. The third kappa shape index (κ3) is 6.36. The van der Waals surface area contributed by atoms with E-state index >= 15 is 0 Å². The molecule has 6 nitrogen and oxygen atoms in total. The molecule has 0 amide bonds. The number of hydrogen-bond acceptors (Lipinski definition) is 4. The van der Waals surface area contributed by atoms with Crippen molar-refractivity contribution >= 4 is 11.9 Å². The Kier molecular flexibility index (Phi) is 6.95. The van der Waals surface area contributed by atoms with Crippen molar-refractivity contribution in [2.75, 3.05) is 0 Å². The second kappa shape index (κ2) is 6.44. The van der Waals surface area contributed by atoms with Gasteiger partial charge in [0.25, 0.3) is 0 Å². The molecule has 2 atom stereocenters. The van der Waals surface area contributed by atoms with Gasteiger partial charge in [-0.2, -0.15) is 0 Å². The van der Waals surface area contributed by atoms with Gasteiger partial charge < -0.3 is 21.7 Å². The van der Waals surface area contributed by atoms with E-state index in [9.17, 15) is 9.59 Å². The van der Waals surface area contributed by atoms with E-state index in [2.05, 4.69) is 0 Å². The molecule has 6 N–H and O–H groups in total. The first-order valence-corrected chi connectivity index (χ1v) is 5.05. The summed E-state index contributed by atoms with van der Waals surface area (Å²) in [6, 6.07) is 0. The van der Waals surface area contributed by atoms with Crippen LogP contribution in [-0.4, -0.2) is 33.2 Å². The number of carboxylic acids is 2. The van der Waals surface area contributed by atoms with Crippen LogP contribution < -0.4 is 11.5 Å². The van der Waals surface area contributed by atoms with Gasteiger partial charge >= 0.3 is 11.9 Å². The van der Waals surface area contributed by atoms with Crippen molar-refractivity contribution in [3.63, 3.8) is 0 Å². The van der Waals surface area contributed by atoms with Gasteiger partial charge in [0.05, 0.1) is 0 Å². The molecule has 0 aliphatic rings. The maximum absolute atomic E-state index is 10.1. The summed E-state index contributed by atoms with van der Waals surface area (Å²) >= 11 is 0. The van der Waals surface area contributed by atoms with Crippen LogP contribution in [0.2, 0.25) is 0 Å². The van der Waals surface area contributed by atoms with Crippen molar-refractivity contribution < 1.29 is 19.8 Å². The monoisotopic (exact) mass is 234 g/mol. The van der Waals surface area contributed by atoms with Crippen LogP contribution in [-0.2, 0) is 9.59 Å². The molecule has 0 fully saturated rings. The highest BCUT2D eigenvalue weighted by molar-refractivity contribution is 5.78. The topological polar surface area (TPSA) is 127 Å². The van der Waals surface area contributed by atoms with Crippen molar-refractivity contribution in [3.05, 3.63) is 0 Å². The van der Waals surface area contributed by atoms with Crippen LogP contribution in [0.5, 0.6) is 0 Å². The highest BCUT2D eigenvalue weighted by atomic mass is 16.4. The van der Waals surface area contributed by atoms with Gasteiger partial charge in [-0.1, -0.05) is 13.8 Å². The highest BCUT2D eigenvalue weighted by Gasteiger charge is 2.24. The molecule has 0 rings (SSSR count). The Balaban J connectivity index is 0. The molecule has 0 heterocycles. The van der Waals surface area contributed by atoms with Gasteiger partial charge in [0.1, 0.15) is 11.1 Å². The number of aliphatic carboxylic acids is 2. The highest BCUT2D eigenvalue weighted by Crippen LogP contribution is 2.03. The fourth-order valence-electron chi connectivity index (χ4n) is 0.302. The Morgan fingerprint density at radius 3 is 1.12 bits per heavy atom. The molecule has 0 aromatic carbocycles. The van der Waals surface area contributed by atoms with Crippen molar-refractivity contribution in [1.82, 2.24) is 0 Å². The average Bonchev–Trinajstić information content (AvgIpc) is 2.18. The number of nitrogens with two attached hydrogens (primary N) is 2. The van der Waals surface area contributed by atoms with Gasteiger partial charge in [0.2, 0.25) is 0 Å². The van der Waals surface area contributed by atoms with Crippen LogP contribution in [0.1, 0.15) is 40.5 Å². The average molecular weight is 234 g/mol. The number of rotatable bonds is 4. The Labute approximate surface area is 95.6 Å². The van der Waals surface area contributed by atoms with E-state index in [1.165, 1.54) is 13.8 Å². The molecule has 0 saturated carbocycles. The Bertz CT molecular complexity index is 223. The van der Waals surface area contributed by atoms with Gasteiger partial charge in [-0.05, 0) is 26.7 Å². The maximum Gasteiger partial charge on any atom is 0.323 e. The lowest BCUT2D eigenvalue weighted by Crippen LogP contribution is -2.43. The summed E-state index contributed by atoms with van der Waals surface area (Å²) < 4.78 is 0. The molecule has 0 spiro atoms. The van der Waals surface area contributed by atoms with Crippen LogP contribution in [0.15, 0.2) is 0 Å². The molecule has 96 valence electrons. The Morgan fingerprint density at radius 1 is 0.938 bits per heavy atom. The van der Waals surface area contributed by atoms with Crippen LogP contribution in [0.25, 0.3) is 0 Å². The summed E-state index contributed by atoms with van der Waals surface area (Å²) in [6.07, 6.45) is 0.921. The molecular weight excluding hydrogens is 212 g/mol. The quantitative estimate of drug-likeness (QED) is 0.557. The molecular formula is C10H22N2O4. The lowest BCUT2D eigenvalue weighted by atomic mass is 10.0. The summed E-state index contributed by atoms with van der Waals surface area (Å²) in [5.74, 6) is -1.89. The molecule has 0 aromatic heterocycles. The predicted molar refractivity (Wildman–Crippen MR) is 61.0 cm³/mol. The number of carboxylic acid groups (broad SMARTS) is 2. The second-order valence-corrected chi connectivity index (χ2v) is 4.15. The minimum atomic E-state index is -1.04. The molecule has 0 aromatic rings. The van der Waals surface area contributed by atoms with E-state index in [0.29, 0.717) is 12.8 Å². The molecule has 0 unspecified atom stereocenters. The first-order chi connectivity index (χ1) is 7.01. The van der Waals surface area contributed by atoms with Gasteiger partial charge in [-0.3, -0.25) is 9.59 Å². The summed E-state index contributed by atoms with van der Waals surface area (Å²) in [6.45, 7) is 6.48. The zero-order valence-electron chi connectivity index (χ0n) is 10.3. The summed E-state index contributed by atoms with van der Waals surface area (Å²) in [5, 5.41) is 16.6. The van der Waals surface area contributed by atoms with E-state index in [4.69, 9.17) is 21.7 Å². The van der Waals surface area contributed by atoms with Gasteiger partial charge in [-0.15, -0.1) is 0 Å². The zero-order valence-corrected chi connectivity index (χ0v) is 10.3. The minimum Gasteiger partial charge on any atom is -0.480 e. The van der Waals surface area contributed by atoms with E-state index in [-0.39, 0.29) is 0 Å². The van der Waals surface area contributed by atoms with E-state index in [0.717, 1.165) is 0 Å². The zero-order chi connectivity index (χ0) is 13.6. The Morgan fingerprint density at radius 2 is 1.12 bits per heavy atom. The van der Waals surface area contributed by atoms with Gasteiger partial charge in [0, 0.05) is 0 Å². The standard InChI is InChI=1S/2C5H11NO2/c2*1-3-5(2,6)4(7)8/h2*3,6H2,1-2H3,(H,7,8)/t2*5-/m00/s1. The van der Waals surface area contributed by atoms with Gasteiger partial charge in [-0.25, -0.2) is 0 Å². The number of hydrogen-bond donors (Lipinski definition) is 4. The summed E-state index contributed by atoms with van der Waals surface area (Å²) in [7, 11) is 0. The fourth-order valence-corrected chi connectivity index (χ4v) is 0.302. The maximum atomic E-state index is 10.1. The first-order valence-electron chi connectivity index (χ1n) is 5.05. The van der Waals surface area contributed by atoms with Crippen LogP contribution in [0, 0.1) is 0 Å². The van der Waals surface area contributed by atoms with Crippen molar-refractivity contribution in [2.24, 2.45) is 11.5 Å². The molecule has 16 heavy (non-hydrogen) atoms. The van der Waals surface area contributed by atoms with E-state index in [1.54, 1.807) is 13.8 Å². The van der Waals surface area contributed by atoms with E-state index < -0.39 is 23.0 Å². The third-order valence-electron chi connectivity index (χ3n) is 2.45. The number of carbonyl (C=O) groups is 2. The molecule has 0 bridgehead atoms. The third-order valence-corrected chi connectivity index (χ3v) is 2.45. The van der Waals surface area contributed by atoms with Crippen LogP contribution >= 0.6 is 0 Å². The molecule has 0 aliphatic heterocycles. The fraction of sp³-hybridized carbons (Fsp3) is 0.800. The smallest absolute Gasteiger partial charge is 0.323 e. The van der Waals surface area contributed by atoms with Crippen molar-refractivity contribution in [2.45, 2.75) is 51.6 Å². The van der Waals surface area contributed by atoms with Crippen molar-refractivity contribution in [3.8, 4) is 0 Å². The molecule has 6 heteroatoms. The molecule has 0 saturated heterocycles. The SMILES string of the molecule is CC[C@](C)(N)C(=O)O.CC[C@](C)(N)C(=O)O. The molecule has 0 aliphatic carbocycles. The second-order valence-electron chi connectivity index (χ2n) is 4.15. The van der Waals surface area contributed by atoms with Crippen LogP contribution in [0.3, 0.4) is 0 Å². The van der Waals surface area contributed by atoms with Crippen molar-refractivity contribution in [1.29, 1.82) is 0 Å². The first kappa shape index (κ1) is 17.3. The van der Waals surface area contributed by atoms with Crippen LogP contribution in [0.4, 0.5) is 0 Å². The van der Waals surface area contributed by atoms with E-state index in [1.807, 2.05) is 0 Å². The Hall–Kier alpha value is -1.14. The largest absolute Gasteiger partial charge is 0.480 e. The van der Waals surface area contributed by atoms with Gasteiger partial charge in [0.15, 0.2) is 0 Å². The predicted octanol–water partition coefficient (Wildman–Crippen LogP) is 0.397. The molecule has 0 radical (unpaired) electrons. The summed E-state index contributed by atoms with van der Waals surface area (Å²) in [5.41, 5.74) is 8.44. The summed E-state index contributed by atoms with van der Waals surface area (Å²) in [4.78, 5) is 20.3.